The summed E-state index contributed by atoms with van der Waals surface area (Å²) in [5.74, 6) is 0. The Bertz CT molecular complexity index is 3070. The van der Waals surface area contributed by atoms with Crippen LogP contribution in [-0.2, 0) is 5.41 Å². The molecular formula is C53H38N2. The zero-order valence-electron chi connectivity index (χ0n) is 30.9. The summed E-state index contributed by atoms with van der Waals surface area (Å²) >= 11 is 0. The van der Waals surface area contributed by atoms with Gasteiger partial charge < -0.3 is 9.47 Å². The van der Waals surface area contributed by atoms with Crippen LogP contribution in [-0.4, -0.2) is 4.57 Å². The van der Waals surface area contributed by atoms with Crippen LogP contribution in [0.4, 0.5) is 17.1 Å². The minimum atomic E-state index is -0.221. The molecule has 1 aliphatic rings. The summed E-state index contributed by atoms with van der Waals surface area (Å²) in [7, 11) is 0. The molecular weight excluding hydrogens is 665 g/mol. The quantitative estimate of drug-likeness (QED) is 0.173. The molecule has 1 heterocycles. The van der Waals surface area contributed by atoms with Crippen molar-refractivity contribution in [2.24, 2.45) is 0 Å². The Hall–Kier alpha value is -6.90. The van der Waals surface area contributed by atoms with Crippen LogP contribution in [0.3, 0.4) is 0 Å². The number of aromatic nitrogens is 1. The Morgan fingerprint density at radius 2 is 0.964 bits per heavy atom. The van der Waals surface area contributed by atoms with Gasteiger partial charge in [-0.05, 0) is 85.9 Å². The molecule has 0 saturated heterocycles. The molecule has 10 aromatic rings. The van der Waals surface area contributed by atoms with Crippen molar-refractivity contribution in [1.29, 1.82) is 0 Å². The second-order valence-corrected chi connectivity index (χ2v) is 15.3. The molecule has 1 aromatic heterocycles. The lowest BCUT2D eigenvalue weighted by Crippen LogP contribution is -2.21. The van der Waals surface area contributed by atoms with E-state index in [0.29, 0.717) is 0 Å². The number of benzene rings is 9. The molecule has 0 unspecified atom stereocenters. The molecule has 0 bridgehead atoms. The normalized spacial score (nSPS) is 13.1. The van der Waals surface area contributed by atoms with Gasteiger partial charge in [-0.1, -0.05) is 172 Å². The topological polar surface area (TPSA) is 8.17 Å². The van der Waals surface area contributed by atoms with Crippen molar-refractivity contribution in [2.75, 3.05) is 4.90 Å². The van der Waals surface area contributed by atoms with Gasteiger partial charge in [0.2, 0.25) is 0 Å². The second-order valence-electron chi connectivity index (χ2n) is 15.3. The molecule has 0 atom stereocenters. The largest absolute Gasteiger partial charge is 0.307 e. The van der Waals surface area contributed by atoms with Gasteiger partial charge in [0.15, 0.2) is 0 Å². The third kappa shape index (κ3) is 4.68. The van der Waals surface area contributed by atoms with Crippen molar-refractivity contribution in [2.45, 2.75) is 19.3 Å². The molecule has 0 radical (unpaired) electrons. The van der Waals surface area contributed by atoms with E-state index in [2.05, 4.69) is 217 Å². The summed E-state index contributed by atoms with van der Waals surface area (Å²) in [5.41, 5.74) is 14.5. The second kappa shape index (κ2) is 12.1. The van der Waals surface area contributed by atoms with Crippen LogP contribution < -0.4 is 4.90 Å². The molecule has 1 aliphatic carbocycles. The molecule has 2 nitrogen and oxygen atoms in total. The first-order valence-corrected chi connectivity index (χ1v) is 19.2. The first kappa shape index (κ1) is 31.6. The molecule has 0 saturated carbocycles. The highest BCUT2D eigenvalue weighted by Crippen LogP contribution is 2.55. The van der Waals surface area contributed by atoms with E-state index in [1.165, 1.54) is 82.4 Å². The number of hydrogen-bond acceptors (Lipinski definition) is 1. The predicted molar refractivity (Wildman–Crippen MR) is 233 cm³/mol. The third-order valence-electron chi connectivity index (χ3n) is 11.9. The molecule has 0 N–H and O–H groups in total. The van der Waals surface area contributed by atoms with Gasteiger partial charge in [0.1, 0.15) is 0 Å². The van der Waals surface area contributed by atoms with E-state index < -0.39 is 0 Å². The number of anilines is 3. The van der Waals surface area contributed by atoms with Crippen molar-refractivity contribution < 1.29 is 0 Å². The van der Waals surface area contributed by atoms with Crippen LogP contribution in [0, 0.1) is 0 Å². The first-order chi connectivity index (χ1) is 27.1. The fraction of sp³-hybridized carbons (Fsp3) is 0.0566. The highest BCUT2D eigenvalue weighted by molar-refractivity contribution is 6.12. The number of fused-ring (bicyclic) bond motifs is 8. The highest BCUT2D eigenvalue weighted by atomic mass is 15.2. The highest BCUT2D eigenvalue weighted by Gasteiger charge is 2.39. The first-order valence-electron chi connectivity index (χ1n) is 19.2. The number of nitrogens with zero attached hydrogens (tertiary/aromatic N) is 2. The summed E-state index contributed by atoms with van der Waals surface area (Å²) in [6.45, 7) is 4.78. The molecule has 11 rings (SSSR count). The average Bonchev–Trinajstić information content (AvgIpc) is 3.70. The summed E-state index contributed by atoms with van der Waals surface area (Å²) in [6, 6.07) is 71.5. The maximum Gasteiger partial charge on any atom is 0.0781 e. The van der Waals surface area contributed by atoms with E-state index >= 15 is 0 Å². The fourth-order valence-electron chi connectivity index (χ4n) is 9.50. The molecule has 0 spiro atoms. The fourth-order valence-corrected chi connectivity index (χ4v) is 9.50. The Morgan fingerprint density at radius 3 is 1.71 bits per heavy atom. The Labute approximate surface area is 321 Å². The maximum atomic E-state index is 2.56. The van der Waals surface area contributed by atoms with E-state index in [4.69, 9.17) is 0 Å². The SMILES string of the molecule is CC1(C)c2ccccc2-c2cccc(N(c3ccc(-c4cccc5ccccc45)cc3)c3c(-n4c5ccccc5c5ccccc54)ccc4ccccc34)c21. The zero-order valence-corrected chi connectivity index (χ0v) is 30.9. The van der Waals surface area contributed by atoms with Crippen molar-refractivity contribution in [1.82, 2.24) is 4.57 Å². The Balaban J connectivity index is 1.24. The summed E-state index contributed by atoms with van der Waals surface area (Å²) in [6.07, 6.45) is 0. The van der Waals surface area contributed by atoms with Gasteiger partial charge in [-0.25, -0.2) is 0 Å². The Kier molecular flexibility index (Phi) is 6.93. The molecule has 0 aliphatic heterocycles. The minimum Gasteiger partial charge on any atom is -0.307 e. The van der Waals surface area contributed by atoms with Crippen LogP contribution >= 0.6 is 0 Å². The average molecular weight is 703 g/mol. The number of para-hydroxylation sites is 2. The van der Waals surface area contributed by atoms with E-state index in [0.717, 1.165) is 17.1 Å². The van der Waals surface area contributed by atoms with E-state index in [-0.39, 0.29) is 5.41 Å². The predicted octanol–water partition coefficient (Wildman–Crippen LogP) is 14.5. The summed E-state index contributed by atoms with van der Waals surface area (Å²) in [4.78, 5) is 2.56. The lowest BCUT2D eigenvalue weighted by atomic mass is 9.81. The van der Waals surface area contributed by atoms with Crippen molar-refractivity contribution >= 4 is 60.4 Å². The van der Waals surface area contributed by atoms with Crippen LogP contribution in [0.15, 0.2) is 194 Å². The number of hydrogen-bond donors (Lipinski definition) is 0. The standard InChI is InChI=1S/C53H38N2/c1-53(2)46-25-10-7-20-42(46)45-24-14-28-49(51(45)53)54(38-32-29-37(30-33-38)40-23-13-17-35-15-3-5-18-39(35)40)52-41-19-6-4-16-36(41)31-34-50(52)55-47-26-11-8-21-43(47)44-22-9-12-27-48(44)55/h3-34H,1-2H3. The van der Waals surface area contributed by atoms with E-state index in [1.54, 1.807) is 0 Å². The van der Waals surface area contributed by atoms with Gasteiger partial charge in [-0.3, -0.25) is 0 Å². The van der Waals surface area contributed by atoms with Gasteiger partial charge in [-0.15, -0.1) is 0 Å². The third-order valence-corrected chi connectivity index (χ3v) is 11.9. The van der Waals surface area contributed by atoms with Gasteiger partial charge in [0.05, 0.1) is 28.1 Å². The molecule has 2 heteroatoms. The molecule has 260 valence electrons. The van der Waals surface area contributed by atoms with Crippen molar-refractivity contribution in [3.8, 4) is 27.9 Å². The van der Waals surface area contributed by atoms with Gasteiger partial charge in [-0.2, -0.15) is 0 Å². The van der Waals surface area contributed by atoms with Crippen LogP contribution in [0.25, 0.3) is 71.3 Å². The van der Waals surface area contributed by atoms with Crippen molar-refractivity contribution in [3.05, 3.63) is 205 Å². The summed E-state index contributed by atoms with van der Waals surface area (Å²) < 4.78 is 2.48. The maximum absolute atomic E-state index is 2.56. The smallest absolute Gasteiger partial charge is 0.0781 e. The lowest BCUT2D eigenvalue weighted by molar-refractivity contribution is 0.661. The van der Waals surface area contributed by atoms with Crippen LogP contribution in [0.1, 0.15) is 25.0 Å². The monoisotopic (exact) mass is 702 g/mol. The van der Waals surface area contributed by atoms with Crippen LogP contribution in [0.2, 0.25) is 0 Å². The Morgan fingerprint density at radius 1 is 0.418 bits per heavy atom. The summed E-state index contributed by atoms with van der Waals surface area (Å²) in [5, 5.41) is 7.41. The lowest BCUT2D eigenvalue weighted by Gasteiger charge is -2.34. The molecule has 9 aromatic carbocycles. The van der Waals surface area contributed by atoms with E-state index in [1.807, 2.05) is 0 Å². The van der Waals surface area contributed by atoms with Gasteiger partial charge >= 0.3 is 0 Å². The number of rotatable bonds is 5. The van der Waals surface area contributed by atoms with Gasteiger partial charge in [0, 0.05) is 27.3 Å². The molecule has 0 fully saturated rings. The van der Waals surface area contributed by atoms with Crippen molar-refractivity contribution in [3.63, 3.8) is 0 Å². The molecule has 55 heavy (non-hydrogen) atoms. The van der Waals surface area contributed by atoms with Gasteiger partial charge in [0.25, 0.3) is 0 Å². The minimum absolute atomic E-state index is 0.221. The zero-order chi connectivity index (χ0) is 36.7. The van der Waals surface area contributed by atoms with E-state index in [9.17, 15) is 0 Å². The van der Waals surface area contributed by atoms with Crippen LogP contribution in [0.5, 0.6) is 0 Å². The molecule has 0 amide bonds.